The fourth-order valence-corrected chi connectivity index (χ4v) is 4.76. The summed E-state index contributed by atoms with van der Waals surface area (Å²) in [5.41, 5.74) is 5.73. The van der Waals surface area contributed by atoms with Crippen molar-refractivity contribution in [3.8, 4) is 0 Å². The Labute approximate surface area is 167 Å². The average molecular weight is 422 g/mol. The Bertz CT molecular complexity index is 713. The summed E-state index contributed by atoms with van der Waals surface area (Å²) in [6, 6.07) is 4.65. The summed E-state index contributed by atoms with van der Waals surface area (Å²) in [5.74, 6) is -0.635. The second-order valence-electron chi connectivity index (χ2n) is 7.23. The summed E-state index contributed by atoms with van der Waals surface area (Å²) in [4.78, 5) is 12.6. The van der Waals surface area contributed by atoms with Crippen LogP contribution in [-0.2, 0) is 14.8 Å². The third kappa shape index (κ3) is 6.41. The monoisotopic (exact) mass is 421 g/mol. The molecular formula is C18H29ClFN3O3S. The Morgan fingerprint density at radius 2 is 1.96 bits per heavy atom. The van der Waals surface area contributed by atoms with Crippen LogP contribution in [0.15, 0.2) is 29.2 Å². The van der Waals surface area contributed by atoms with Gasteiger partial charge in [0.15, 0.2) is 0 Å². The summed E-state index contributed by atoms with van der Waals surface area (Å²) in [7, 11) is -3.74. The van der Waals surface area contributed by atoms with Gasteiger partial charge in [0, 0.05) is 25.7 Å². The van der Waals surface area contributed by atoms with Crippen LogP contribution < -0.4 is 11.1 Å². The Morgan fingerprint density at radius 3 is 2.52 bits per heavy atom. The molecule has 1 amide bonds. The van der Waals surface area contributed by atoms with E-state index < -0.39 is 21.8 Å². The standard InChI is InChI=1S/C18H28FN3O3S.ClH/c1-13(2)10-16(11-20)21-18(23)14-4-3-9-22(12-14)26(24,25)17-7-5-15(19)6-8-17;/h5-8,13-14,16H,3-4,9-12,20H2,1-2H3,(H,21,23);1H. The molecule has 154 valence electrons. The molecule has 0 aromatic heterocycles. The Kier molecular flexibility index (Phi) is 9.14. The number of nitrogens with one attached hydrogen (secondary N) is 1. The van der Waals surface area contributed by atoms with Gasteiger partial charge in [-0.05, 0) is 49.4 Å². The lowest BCUT2D eigenvalue weighted by Gasteiger charge is -2.32. The van der Waals surface area contributed by atoms with Gasteiger partial charge in [-0.3, -0.25) is 4.79 Å². The maximum Gasteiger partial charge on any atom is 0.243 e. The number of hydrogen-bond acceptors (Lipinski definition) is 4. The topological polar surface area (TPSA) is 92.5 Å². The molecule has 1 fully saturated rings. The number of halogens is 2. The predicted molar refractivity (Wildman–Crippen MR) is 106 cm³/mol. The lowest BCUT2D eigenvalue weighted by molar-refractivity contribution is -0.126. The fraction of sp³-hybridized carbons (Fsp3) is 0.611. The van der Waals surface area contributed by atoms with E-state index >= 15 is 0 Å². The van der Waals surface area contributed by atoms with Crippen LogP contribution in [0.5, 0.6) is 0 Å². The molecule has 1 saturated heterocycles. The molecule has 2 atom stereocenters. The van der Waals surface area contributed by atoms with Gasteiger partial charge in [-0.15, -0.1) is 12.4 Å². The SMILES string of the molecule is CC(C)CC(CN)NC(=O)C1CCCN(S(=O)(=O)c2ccc(F)cc2)C1.Cl. The molecule has 3 N–H and O–H groups in total. The number of sulfonamides is 1. The van der Waals surface area contributed by atoms with E-state index in [1.807, 2.05) is 0 Å². The van der Waals surface area contributed by atoms with Gasteiger partial charge < -0.3 is 11.1 Å². The molecular weight excluding hydrogens is 393 g/mol. The second kappa shape index (κ2) is 10.4. The number of carbonyl (C=O) groups is 1. The van der Waals surface area contributed by atoms with E-state index in [1.54, 1.807) is 0 Å². The molecule has 0 aliphatic carbocycles. The molecule has 0 saturated carbocycles. The molecule has 1 aromatic rings. The Balaban J connectivity index is 0.00000364. The lowest BCUT2D eigenvalue weighted by Crippen LogP contribution is -2.49. The van der Waals surface area contributed by atoms with Crippen molar-refractivity contribution in [3.63, 3.8) is 0 Å². The largest absolute Gasteiger partial charge is 0.352 e. The van der Waals surface area contributed by atoms with Gasteiger partial charge in [-0.1, -0.05) is 13.8 Å². The number of nitrogens with zero attached hydrogens (tertiary/aromatic N) is 1. The first kappa shape index (κ1) is 23.8. The van der Waals surface area contributed by atoms with Gasteiger partial charge in [0.05, 0.1) is 10.8 Å². The highest BCUT2D eigenvalue weighted by atomic mass is 35.5. The van der Waals surface area contributed by atoms with Gasteiger partial charge in [-0.25, -0.2) is 12.8 Å². The minimum atomic E-state index is -3.74. The van der Waals surface area contributed by atoms with Crippen molar-refractivity contribution < 1.29 is 17.6 Å². The zero-order chi connectivity index (χ0) is 19.3. The van der Waals surface area contributed by atoms with Crippen LogP contribution in [0.3, 0.4) is 0 Å². The predicted octanol–water partition coefficient (Wildman–Crippen LogP) is 2.14. The fourth-order valence-electron chi connectivity index (χ4n) is 3.23. The van der Waals surface area contributed by atoms with Crippen molar-refractivity contribution in [1.29, 1.82) is 0 Å². The molecule has 1 heterocycles. The van der Waals surface area contributed by atoms with E-state index in [0.717, 1.165) is 18.6 Å². The first-order chi connectivity index (χ1) is 12.2. The number of benzene rings is 1. The van der Waals surface area contributed by atoms with Crippen molar-refractivity contribution >= 4 is 28.3 Å². The first-order valence-corrected chi connectivity index (χ1v) is 10.4. The molecule has 0 spiro atoms. The highest BCUT2D eigenvalue weighted by Gasteiger charge is 2.33. The van der Waals surface area contributed by atoms with Crippen molar-refractivity contribution in [3.05, 3.63) is 30.1 Å². The van der Waals surface area contributed by atoms with Crippen LogP contribution in [0.2, 0.25) is 0 Å². The van der Waals surface area contributed by atoms with E-state index in [-0.39, 0.29) is 35.8 Å². The smallest absolute Gasteiger partial charge is 0.243 e. The highest BCUT2D eigenvalue weighted by Crippen LogP contribution is 2.24. The van der Waals surface area contributed by atoms with Crippen LogP contribution in [0, 0.1) is 17.7 Å². The van der Waals surface area contributed by atoms with Crippen molar-refractivity contribution in [2.24, 2.45) is 17.6 Å². The maximum atomic E-state index is 13.1. The minimum absolute atomic E-state index is 0. The van der Waals surface area contributed by atoms with Crippen LogP contribution >= 0.6 is 12.4 Å². The Hall–Kier alpha value is -1.22. The maximum absolute atomic E-state index is 13.1. The molecule has 0 radical (unpaired) electrons. The van der Waals surface area contributed by atoms with Gasteiger partial charge in [0.25, 0.3) is 0 Å². The summed E-state index contributed by atoms with van der Waals surface area (Å²) in [6.45, 7) is 4.97. The lowest BCUT2D eigenvalue weighted by atomic mass is 9.97. The van der Waals surface area contributed by atoms with Crippen molar-refractivity contribution in [1.82, 2.24) is 9.62 Å². The molecule has 1 aromatic carbocycles. The van der Waals surface area contributed by atoms with E-state index in [2.05, 4.69) is 19.2 Å². The Morgan fingerprint density at radius 1 is 1.33 bits per heavy atom. The van der Waals surface area contributed by atoms with Crippen LogP contribution in [0.4, 0.5) is 4.39 Å². The third-order valence-corrected chi connectivity index (χ3v) is 6.47. The molecule has 9 heteroatoms. The minimum Gasteiger partial charge on any atom is -0.352 e. The van der Waals surface area contributed by atoms with Gasteiger partial charge in [0.1, 0.15) is 5.82 Å². The van der Waals surface area contributed by atoms with Crippen LogP contribution in [-0.4, -0.2) is 44.3 Å². The molecule has 2 rings (SSSR count). The van der Waals surface area contributed by atoms with Gasteiger partial charge in [-0.2, -0.15) is 4.31 Å². The molecule has 1 aliphatic heterocycles. The van der Waals surface area contributed by atoms with Gasteiger partial charge in [0.2, 0.25) is 15.9 Å². The molecule has 1 aliphatic rings. The number of amides is 1. The molecule has 0 bridgehead atoms. The summed E-state index contributed by atoms with van der Waals surface area (Å²) in [5, 5.41) is 2.95. The van der Waals surface area contributed by atoms with E-state index in [4.69, 9.17) is 5.73 Å². The normalized spacial score (nSPS) is 19.4. The highest BCUT2D eigenvalue weighted by molar-refractivity contribution is 7.89. The zero-order valence-electron chi connectivity index (χ0n) is 15.7. The summed E-state index contributed by atoms with van der Waals surface area (Å²) >= 11 is 0. The first-order valence-electron chi connectivity index (χ1n) is 9.00. The van der Waals surface area contributed by atoms with Crippen LogP contribution in [0.25, 0.3) is 0 Å². The molecule has 2 unspecified atom stereocenters. The summed E-state index contributed by atoms with van der Waals surface area (Å²) in [6.07, 6.45) is 2.03. The zero-order valence-corrected chi connectivity index (χ0v) is 17.4. The van der Waals surface area contributed by atoms with E-state index in [1.165, 1.54) is 16.4 Å². The number of piperidine rings is 1. The average Bonchev–Trinajstić information content (AvgIpc) is 2.61. The number of rotatable bonds is 7. The molecule has 6 nitrogen and oxygen atoms in total. The quantitative estimate of drug-likeness (QED) is 0.705. The summed E-state index contributed by atoms with van der Waals surface area (Å²) < 4.78 is 39.9. The van der Waals surface area contributed by atoms with Crippen molar-refractivity contribution in [2.75, 3.05) is 19.6 Å². The van der Waals surface area contributed by atoms with Crippen molar-refractivity contribution in [2.45, 2.75) is 44.0 Å². The van der Waals surface area contributed by atoms with E-state index in [9.17, 15) is 17.6 Å². The second-order valence-corrected chi connectivity index (χ2v) is 9.16. The number of carbonyl (C=O) groups excluding carboxylic acids is 1. The van der Waals surface area contributed by atoms with E-state index in [0.29, 0.717) is 31.8 Å². The number of nitrogens with two attached hydrogens (primary N) is 1. The van der Waals surface area contributed by atoms with Gasteiger partial charge >= 0.3 is 0 Å². The molecule has 27 heavy (non-hydrogen) atoms. The third-order valence-electron chi connectivity index (χ3n) is 4.59. The number of hydrogen-bond donors (Lipinski definition) is 2. The van der Waals surface area contributed by atoms with Crippen LogP contribution in [0.1, 0.15) is 33.1 Å².